The number of methoxy groups -OCH3 is 1. The van der Waals surface area contributed by atoms with Crippen LogP contribution >= 0.6 is 11.6 Å². The first-order valence-electron chi connectivity index (χ1n) is 9.12. The van der Waals surface area contributed by atoms with Crippen molar-refractivity contribution < 1.29 is 14.6 Å². The molecule has 0 bridgehead atoms. The van der Waals surface area contributed by atoms with Gasteiger partial charge in [-0.15, -0.1) is 0 Å². The van der Waals surface area contributed by atoms with Gasteiger partial charge in [0.1, 0.15) is 0 Å². The van der Waals surface area contributed by atoms with Crippen molar-refractivity contribution in [3.05, 3.63) is 34.9 Å². The second-order valence-electron chi connectivity index (χ2n) is 6.89. The summed E-state index contributed by atoms with van der Waals surface area (Å²) in [5.74, 6) is -0.0617. The van der Waals surface area contributed by atoms with Crippen molar-refractivity contribution in [3.8, 4) is 0 Å². The van der Waals surface area contributed by atoms with Crippen LogP contribution in [0, 0.1) is 0 Å². The van der Waals surface area contributed by atoms with Crippen LogP contribution in [-0.2, 0) is 9.53 Å². The highest BCUT2D eigenvalue weighted by atomic mass is 35.5. The van der Waals surface area contributed by atoms with Crippen molar-refractivity contribution in [2.75, 3.05) is 53.5 Å². The molecular formula is C19H30ClN3O3. The van der Waals surface area contributed by atoms with Gasteiger partial charge in [0.15, 0.2) is 0 Å². The minimum atomic E-state index is -0.599. The fourth-order valence-corrected chi connectivity index (χ4v) is 3.68. The normalized spacial score (nSPS) is 17.4. The van der Waals surface area contributed by atoms with Crippen molar-refractivity contribution in [2.24, 2.45) is 0 Å². The highest BCUT2D eigenvalue weighted by Gasteiger charge is 2.25. The molecule has 0 aliphatic carbocycles. The Morgan fingerprint density at radius 1 is 1.38 bits per heavy atom. The molecule has 2 atom stereocenters. The van der Waals surface area contributed by atoms with E-state index >= 15 is 0 Å². The van der Waals surface area contributed by atoms with Crippen LogP contribution < -0.4 is 5.32 Å². The summed E-state index contributed by atoms with van der Waals surface area (Å²) in [6.07, 6.45) is 1.75. The predicted molar refractivity (Wildman–Crippen MR) is 103 cm³/mol. The highest BCUT2D eigenvalue weighted by molar-refractivity contribution is 6.31. The van der Waals surface area contributed by atoms with E-state index in [2.05, 4.69) is 10.2 Å². The minimum absolute atomic E-state index is 0.0617. The van der Waals surface area contributed by atoms with Crippen molar-refractivity contribution in [1.82, 2.24) is 15.1 Å². The molecule has 26 heavy (non-hydrogen) atoms. The smallest absolute Gasteiger partial charge is 0.234 e. The van der Waals surface area contributed by atoms with E-state index in [1.165, 1.54) is 12.8 Å². The Morgan fingerprint density at radius 2 is 2.08 bits per heavy atom. The van der Waals surface area contributed by atoms with Crippen LogP contribution in [-0.4, -0.2) is 80.4 Å². The third kappa shape index (κ3) is 6.52. The van der Waals surface area contributed by atoms with Crippen LogP contribution in [0.1, 0.15) is 24.4 Å². The summed E-state index contributed by atoms with van der Waals surface area (Å²) in [6.45, 7) is 3.45. The number of amides is 1. The number of nitrogens with zero attached hydrogens (tertiary/aromatic N) is 2. The van der Waals surface area contributed by atoms with E-state index in [4.69, 9.17) is 16.3 Å². The number of aliphatic hydroxyl groups is 1. The largest absolute Gasteiger partial charge is 0.389 e. The number of halogens is 1. The Labute approximate surface area is 161 Å². The zero-order valence-electron chi connectivity index (χ0n) is 15.7. The molecule has 6 nitrogen and oxygen atoms in total. The van der Waals surface area contributed by atoms with E-state index in [0.29, 0.717) is 13.1 Å². The van der Waals surface area contributed by atoms with E-state index < -0.39 is 6.10 Å². The Morgan fingerprint density at radius 3 is 2.73 bits per heavy atom. The molecule has 1 aliphatic rings. The third-order valence-electron chi connectivity index (χ3n) is 4.63. The Hall–Kier alpha value is -1.18. The molecule has 0 saturated carbocycles. The quantitative estimate of drug-likeness (QED) is 0.641. The molecule has 1 aliphatic heterocycles. The molecule has 0 spiro atoms. The van der Waals surface area contributed by atoms with Gasteiger partial charge in [-0.05, 0) is 44.6 Å². The van der Waals surface area contributed by atoms with Gasteiger partial charge >= 0.3 is 0 Å². The minimum Gasteiger partial charge on any atom is -0.389 e. The number of rotatable bonds is 10. The standard InChI is InChI=1S/C19H30ClN3O3/c1-22(12-15(24)14-26-2)13-19(25)21-11-18(23-9-5-6-10-23)16-7-3-4-8-17(16)20/h3-4,7-8,15,18,24H,5-6,9-14H2,1-2H3,(H,21,25). The topological polar surface area (TPSA) is 65.0 Å². The molecule has 1 fully saturated rings. The van der Waals surface area contributed by atoms with Gasteiger partial charge in [0.05, 0.1) is 25.3 Å². The van der Waals surface area contributed by atoms with Crippen LogP contribution in [0.4, 0.5) is 0 Å². The first kappa shape index (κ1) is 21.1. The average molecular weight is 384 g/mol. The van der Waals surface area contributed by atoms with E-state index in [9.17, 15) is 9.90 Å². The van der Waals surface area contributed by atoms with Gasteiger partial charge < -0.3 is 15.2 Å². The van der Waals surface area contributed by atoms with E-state index in [1.807, 2.05) is 31.3 Å². The van der Waals surface area contributed by atoms with Gasteiger partial charge in [0.25, 0.3) is 0 Å². The number of aliphatic hydroxyl groups excluding tert-OH is 1. The summed E-state index contributed by atoms with van der Waals surface area (Å²) in [5, 5.41) is 13.5. The number of hydrogen-bond acceptors (Lipinski definition) is 5. The fraction of sp³-hybridized carbons (Fsp3) is 0.632. The molecule has 1 heterocycles. The number of hydrogen-bond donors (Lipinski definition) is 2. The number of nitrogens with one attached hydrogen (secondary N) is 1. The van der Waals surface area contributed by atoms with E-state index in [-0.39, 0.29) is 25.1 Å². The zero-order chi connectivity index (χ0) is 18.9. The molecule has 0 radical (unpaired) electrons. The van der Waals surface area contributed by atoms with Crippen LogP contribution in [0.3, 0.4) is 0 Å². The van der Waals surface area contributed by atoms with Crippen molar-refractivity contribution in [1.29, 1.82) is 0 Å². The summed E-state index contributed by atoms with van der Waals surface area (Å²) in [5.41, 5.74) is 1.06. The lowest BCUT2D eigenvalue weighted by atomic mass is 10.1. The maximum Gasteiger partial charge on any atom is 0.234 e. The van der Waals surface area contributed by atoms with Crippen LogP contribution in [0.25, 0.3) is 0 Å². The van der Waals surface area contributed by atoms with Crippen molar-refractivity contribution in [2.45, 2.75) is 25.0 Å². The summed E-state index contributed by atoms with van der Waals surface area (Å²) < 4.78 is 4.91. The third-order valence-corrected chi connectivity index (χ3v) is 4.98. The SMILES string of the molecule is COCC(O)CN(C)CC(=O)NCC(c1ccccc1Cl)N1CCCC1. The summed E-state index contributed by atoms with van der Waals surface area (Å²) in [4.78, 5) is 16.5. The maximum atomic E-state index is 12.3. The number of likely N-dealkylation sites (tertiary alicyclic amines) is 1. The first-order chi connectivity index (χ1) is 12.5. The van der Waals surface area contributed by atoms with E-state index in [1.54, 1.807) is 12.0 Å². The Kier molecular flexibility index (Phi) is 8.81. The lowest BCUT2D eigenvalue weighted by molar-refractivity contribution is -0.122. The molecule has 7 heteroatoms. The van der Waals surface area contributed by atoms with Gasteiger partial charge in [-0.3, -0.25) is 14.6 Å². The zero-order valence-corrected chi connectivity index (χ0v) is 16.4. The molecule has 1 aromatic carbocycles. The van der Waals surface area contributed by atoms with Gasteiger partial charge in [-0.2, -0.15) is 0 Å². The number of likely N-dealkylation sites (N-methyl/N-ethyl adjacent to an activating group) is 1. The lowest BCUT2D eigenvalue weighted by Gasteiger charge is -2.29. The van der Waals surface area contributed by atoms with Crippen molar-refractivity contribution in [3.63, 3.8) is 0 Å². The Bertz CT molecular complexity index is 567. The molecule has 2 rings (SSSR count). The monoisotopic (exact) mass is 383 g/mol. The number of carbonyl (C=O) groups excluding carboxylic acids is 1. The summed E-state index contributed by atoms with van der Waals surface area (Å²) in [6, 6.07) is 7.92. The highest BCUT2D eigenvalue weighted by Crippen LogP contribution is 2.29. The van der Waals surface area contributed by atoms with Crippen LogP contribution in [0.15, 0.2) is 24.3 Å². The number of ether oxygens (including phenoxy) is 1. The van der Waals surface area contributed by atoms with E-state index in [0.717, 1.165) is 23.7 Å². The molecule has 0 aromatic heterocycles. The maximum absolute atomic E-state index is 12.3. The van der Waals surface area contributed by atoms with Crippen LogP contribution in [0.5, 0.6) is 0 Å². The molecule has 2 unspecified atom stereocenters. The fourth-order valence-electron chi connectivity index (χ4n) is 3.42. The first-order valence-corrected chi connectivity index (χ1v) is 9.49. The molecule has 2 N–H and O–H groups in total. The summed E-state index contributed by atoms with van der Waals surface area (Å²) >= 11 is 6.40. The second-order valence-corrected chi connectivity index (χ2v) is 7.30. The molecule has 146 valence electrons. The number of benzene rings is 1. The number of carbonyl (C=O) groups is 1. The summed E-state index contributed by atoms with van der Waals surface area (Å²) in [7, 11) is 3.35. The van der Waals surface area contributed by atoms with Gasteiger partial charge in [0.2, 0.25) is 5.91 Å². The molecule has 1 aromatic rings. The molecule has 1 saturated heterocycles. The molecule has 1 amide bonds. The van der Waals surface area contributed by atoms with Gasteiger partial charge in [-0.25, -0.2) is 0 Å². The van der Waals surface area contributed by atoms with Gasteiger partial charge in [-0.1, -0.05) is 29.8 Å². The molecular weight excluding hydrogens is 354 g/mol. The lowest BCUT2D eigenvalue weighted by Crippen LogP contribution is -2.42. The van der Waals surface area contributed by atoms with Crippen molar-refractivity contribution >= 4 is 17.5 Å². The van der Waals surface area contributed by atoms with Crippen LogP contribution in [0.2, 0.25) is 5.02 Å². The second kappa shape index (κ2) is 10.8. The predicted octanol–water partition coefficient (Wildman–Crippen LogP) is 1.53. The Balaban J connectivity index is 1.90. The average Bonchev–Trinajstić information content (AvgIpc) is 3.11. The van der Waals surface area contributed by atoms with Gasteiger partial charge in [0, 0.05) is 25.2 Å².